The number of aromatic nitrogens is 4. The van der Waals surface area contributed by atoms with Crippen molar-refractivity contribution >= 4 is 23.1 Å². The van der Waals surface area contributed by atoms with Gasteiger partial charge in [0.15, 0.2) is 5.82 Å². The summed E-state index contributed by atoms with van der Waals surface area (Å²) in [5.41, 5.74) is 0.741. The highest BCUT2D eigenvalue weighted by Crippen LogP contribution is 2.11. The van der Waals surface area contributed by atoms with Crippen molar-refractivity contribution < 1.29 is 0 Å². The average Bonchev–Trinajstić information content (AvgIpc) is 2.77. The van der Waals surface area contributed by atoms with Crippen LogP contribution in [0.2, 0.25) is 0 Å². The van der Waals surface area contributed by atoms with Crippen LogP contribution in [0.15, 0.2) is 18.7 Å². The van der Waals surface area contributed by atoms with Crippen molar-refractivity contribution in [1.82, 2.24) is 19.6 Å². The summed E-state index contributed by atoms with van der Waals surface area (Å²) in [6.07, 6.45) is 7.08. The molecule has 0 aromatic carbocycles. The first-order valence-corrected chi connectivity index (χ1v) is 5.77. The molecule has 0 aliphatic rings. The Morgan fingerprint density at radius 2 is 2.44 bits per heavy atom. The quantitative estimate of drug-likeness (QED) is 0.811. The molecular weight excluding hydrogens is 226 g/mol. The number of rotatable bonds is 5. The molecule has 2 aromatic rings. The second-order valence-corrected chi connectivity index (χ2v) is 4.18. The van der Waals surface area contributed by atoms with Gasteiger partial charge in [0, 0.05) is 24.3 Å². The molecular formula is C10H14ClN5. The maximum absolute atomic E-state index is 6.04. The molecule has 5 nitrogen and oxygen atoms in total. The minimum Gasteiger partial charge on any atom is -0.367 e. The zero-order valence-electron chi connectivity index (χ0n) is 9.10. The molecule has 0 saturated heterocycles. The molecule has 2 heterocycles. The van der Waals surface area contributed by atoms with Crippen molar-refractivity contribution in [3.8, 4) is 0 Å². The summed E-state index contributed by atoms with van der Waals surface area (Å²) < 4.78 is 1.83. The van der Waals surface area contributed by atoms with Gasteiger partial charge in [0.2, 0.25) is 5.65 Å². The first-order chi connectivity index (χ1) is 7.81. The van der Waals surface area contributed by atoms with Gasteiger partial charge in [0.1, 0.15) is 6.33 Å². The molecule has 0 aliphatic heterocycles. The minimum atomic E-state index is 0.213. The highest BCUT2D eigenvalue weighted by molar-refractivity contribution is 6.20. The van der Waals surface area contributed by atoms with Crippen molar-refractivity contribution in [3.63, 3.8) is 0 Å². The Kier molecular flexibility index (Phi) is 3.56. The molecule has 0 fully saturated rings. The third-order valence-corrected chi connectivity index (χ3v) is 2.94. The fraction of sp³-hybridized carbons (Fsp3) is 0.500. The highest BCUT2D eigenvalue weighted by atomic mass is 35.5. The van der Waals surface area contributed by atoms with Crippen molar-refractivity contribution in [2.45, 2.75) is 25.1 Å². The lowest BCUT2D eigenvalue weighted by Crippen LogP contribution is -2.10. The van der Waals surface area contributed by atoms with Crippen LogP contribution in [0.3, 0.4) is 0 Å². The van der Waals surface area contributed by atoms with E-state index in [2.05, 4.69) is 27.4 Å². The topological polar surface area (TPSA) is 55.1 Å². The summed E-state index contributed by atoms with van der Waals surface area (Å²) in [6.45, 7) is 2.87. The largest absolute Gasteiger partial charge is 0.367 e. The minimum absolute atomic E-state index is 0.213. The Balaban J connectivity index is 2.01. The van der Waals surface area contributed by atoms with Gasteiger partial charge in [-0.3, -0.25) is 4.40 Å². The third kappa shape index (κ3) is 2.41. The van der Waals surface area contributed by atoms with Gasteiger partial charge in [0.05, 0.1) is 0 Å². The summed E-state index contributed by atoms with van der Waals surface area (Å²) >= 11 is 6.04. The number of anilines is 1. The maximum Gasteiger partial charge on any atom is 0.203 e. The van der Waals surface area contributed by atoms with E-state index < -0.39 is 0 Å². The first-order valence-electron chi connectivity index (χ1n) is 5.33. The van der Waals surface area contributed by atoms with Gasteiger partial charge in [0.25, 0.3) is 0 Å². The van der Waals surface area contributed by atoms with Gasteiger partial charge in [-0.15, -0.1) is 21.8 Å². The van der Waals surface area contributed by atoms with Crippen LogP contribution in [0.4, 0.5) is 5.82 Å². The Labute approximate surface area is 98.9 Å². The number of nitrogens with zero attached hydrogens (tertiary/aromatic N) is 4. The lowest BCUT2D eigenvalue weighted by molar-refractivity contribution is 0.752. The Hall–Kier alpha value is -1.36. The standard InChI is InChI=1S/C10H14ClN5/c1-2-8(11)3-4-12-9-10-15-14-7-16(10)6-5-13-9/h5-8H,2-4H2,1H3,(H,12,13). The predicted octanol–water partition coefficient (Wildman–Crippen LogP) is 1.94. The van der Waals surface area contributed by atoms with E-state index >= 15 is 0 Å². The van der Waals surface area contributed by atoms with E-state index in [9.17, 15) is 0 Å². The Morgan fingerprint density at radius 1 is 1.56 bits per heavy atom. The van der Waals surface area contributed by atoms with Crippen molar-refractivity contribution in [2.75, 3.05) is 11.9 Å². The van der Waals surface area contributed by atoms with Crippen LogP contribution in [0.25, 0.3) is 5.65 Å². The van der Waals surface area contributed by atoms with E-state index in [0.717, 1.165) is 30.9 Å². The second-order valence-electron chi connectivity index (χ2n) is 3.56. The van der Waals surface area contributed by atoms with Crippen LogP contribution >= 0.6 is 11.6 Å². The average molecular weight is 240 g/mol. The molecule has 1 unspecified atom stereocenters. The smallest absolute Gasteiger partial charge is 0.203 e. The molecule has 0 bridgehead atoms. The number of alkyl halides is 1. The Morgan fingerprint density at radius 3 is 3.25 bits per heavy atom. The summed E-state index contributed by atoms with van der Waals surface area (Å²) in [5.74, 6) is 0.750. The monoisotopic (exact) mass is 239 g/mol. The van der Waals surface area contributed by atoms with Crippen molar-refractivity contribution in [2.24, 2.45) is 0 Å². The summed E-state index contributed by atoms with van der Waals surface area (Å²) in [4.78, 5) is 4.22. The van der Waals surface area contributed by atoms with E-state index in [-0.39, 0.29) is 5.38 Å². The van der Waals surface area contributed by atoms with Crippen LogP contribution in [-0.4, -0.2) is 31.5 Å². The van der Waals surface area contributed by atoms with E-state index in [0.29, 0.717) is 0 Å². The molecule has 2 aromatic heterocycles. The van der Waals surface area contributed by atoms with Crippen LogP contribution < -0.4 is 5.32 Å². The van der Waals surface area contributed by atoms with Crippen LogP contribution in [0.5, 0.6) is 0 Å². The van der Waals surface area contributed by atoms with E-state index in [1.165, 1.54) is 0 Å². The van der Waals surface area contributed by atoms with Crippen LogP contribution in [-0.2, 0) is 0 Å². The van der Waals surface area contributed by atoms with Gasteiger partial charge < -0.3 is 5.32 Å². The molecule has 0 amide bonds. The van der Waals surface area contributed by atoms with E-state index in [1.807, 2.05) is 10.6 Å². The second kappa shape index (κ2) is 5.12. The molecule has 0 radical (unpaired) electrons. The molecule has 2 rings (SSSR count). The van der Waals surface area contributed by atoms with Gasteiger partial charge in [-0.2, -0.15) is 0 Å². The lowest BCUT2D eigenvalue weighted by atomic mass is 10.2. The van der Waals surface area contributed by atoms with Gasteiger partial charge >= 0.3 is 0 Å². The maximum atomic E-state index is 6.04. The molecule has 0 aliphatic carbocycles. The number of halogens is 1. The highest BCUT2D eigenvalue weighted by Gasteiger charge is 2.05. The lowest BCUT2D eigenvalue weighted by Gasteiger charge is -2.08. The molecule has 6 heteroatoms. The van der Waals surface area contributed by atoms with Gasteiger partial charge in [-0.05, 0) is 12.8 Å². The van der Waals surface area contributed by atoms with Crippen molar-refractivity contribution in [1.29, 1.82) is 0 Å². The summed E-state index contributed by atoms with van der Waals surface area (Å²) in [7, 11) is 0. The van der Waals surface area contributed by atoms with Gasteiger partial charge in [-0.25, -0.2) is 4.98 Å². The third-order valence-electron chi connectivity index (χ3n) is 2.41. The van der Waals surface area contributed by atoms with Crippen LogP contribution in [0, 0.1) is 0 Å². The van der Waals surface area contributed by atoms with Gasteiger partial charge in [-0.1, -0.05) is 6.92 Å². The number of hydrogen-bond acceptors (Lipinski definition) is 4. The zero-order chi connectivity index (χ0) is 11.4. The molecule has 1 atom stereocenters. The molecule has 16 heavy (non-hydrogen) atoms. The van der Waals surface area contributed by atoms with Crippen LogP contribution in [0.1, 0.15) is 19.8 Å². The fourth-order valence-corrected chi connectivity index (χ4v) is 1.54. The first kappa shape index (κ1) is 11.1. The predicted molar refractivity (Wildman–Crippen MR) is 63.8 cm³/mol. The molecule has 86 valence electrons. The normalized spacial score (nSPS) is 12.9. The molecule has 1 N–H and O–H groups in total. The summed E-state index contributed by atoms with van der Waals surface area (Å²) in [6, 6.07) is 0. The number of hydrogen-bond donors (Lipinski definition) is 1. The Bertz CT molecular complexity index is 455. The van der Waals surface area contributed by atoms with E-state index in [1.54, 1.807) is 12.5 Å². The molecule has 0 spiro atoms. The summed E-state index contributed by atoms with van der Waals surface area (Å²) in [5, 5.41) is 11.3. The number of fused-ring (bicyclic) bond motifs is 1. The van der Waals surface area contributed by atoms with E-state index in [4.69, 9.17) is 11.6 Å². The zero-order valence-corrected chi connectivity index (χ0v) is 9.85. The molecule has 0 saturated carbocycles. The fourth-order valence-electron chi connectivity index (χ4n) is 1.43. The SMILES string of the molecule is CCC(Cl)CCNc1nccn2cnnc12. The van der Waals surface area contributed by atoms with Crippen molar-refractivity contribution in [3.05, 3.63) is 18.7 Å². The number of nitrogens with one attached hydrogen (secondary N) is 1.